The van der Waals surface area contributed by atoms with Crippen molar-refractivity contribution in [3.63, 3.8) is 0 Å². The fraction of sp³-hybridized carbons (Fsp3) is 0.0476. The average molecular weight is 410 g/mol. The Hall–Kier alpha value is -3.71. The second-order valence-electron chi connectivity index (χ2n) is 5.89. The quantitative estimate of drug-likeness (QED) is 0.351. The standard InChI is InChI=1S/C21H16ClN3O4/c22-18-10-4-1-8-16(18)14-29-20-12-6-2-7-15(20)13-23-24-21(26)17-9-3-5-11-19(17)25(27)28/h1-13H,14H2,(H,24,26)/b23-13-. The Morgan fingerprint density at radius 1 is 1.07 bits per heavy atom. The summed E-state index contributed by atoms with van der Waals surface area (Å²) in [6.07, 6.45) is 1.41. The van der Waals surface area contributed by atoms with Crippen molar-refractivity contribution in [2.75, 3.05) is 0 Å². The number of nitro groups is 1. The van der Waals surface area contributed by atoms with Crippen LogP contribution in [-0.2, 0) is 6.61 Å². The summed E-state index contributed by atoms with van der Waals surface area (Å²) >= 11 is 6.14. The number of ether oxygens (including phenoxy) is 1. The van der Waals surface area contributed by atoms with Crippen molar-refractivity contribution in [1.29, 1.82) is 0 Å². The lowest BCUT2D eigenvalue weighted by Gasteiger charge is -2.10. The third-order valence-electron chi connectivity index (χ3n) is 3.98. The van der Waals surface area contributed by atoms with Gasteiger partial charge in [0, 0.05) is 22.2 Å². The van der Waals surface area contributed by atoms with E-state index in [0.29, 0.717) is 16.3 Å². The van der Waals surface area contributed by atoms with Crippen LogP contribution in [0.15, 0.2) is 77.9 Å². The Bertz CT molecular complexity index is 1070. The highest BCUT2D eigenvalue weighted by Crippen LogP contribution is 2.21. The SMILES string of the molecule is O=C(N/N=C\c1ccccc1OCc1ccccc1Cl)c1ccccc1[N+](=O)[O-]. The van der Waals surface area contributed by atoms with Gasteiger partial charge >= 0.3 is 0 Å². The highest BCUT2D eigenvalue weighted by atomic mass is 35.5. The molecule has 0 bridgehead atoms. The van der Waals surface area contributed by atoms with E-state index in [1.54, 1.807) is 30.3 Å². The molecule has 0 aliphatic heterocycles. The molecule has 0 heterocycles. The van der Waals surface area contributed by atoms with Crippen LogP contribution >= 0.6 is 11.6 Å². The minimum absolute atomic E-state index is 0.0714. The number of carbonyl (C=O) groups excluding carboxylic acids is 1. The number of amides is 1. The molecule has 0 saturated carbocycles. The lowest BCUT2D eigenvalue weighted by molar-refractivity contribution is -0.385. The number of para-hydroxylation sites is 2. The first kappa shape index (κ1) is 20.0. The second-order valence-corrected chi connectivity index (χ2v) is 6.30. The number of nitrogens with zero attached hydrogens (tertiary/aromatic N) is 2. The Balaban J connectivity index is 1.69. The van der Waals surface area contributed by atoms with Crippen LogP contribution in [0, 0.1) is 10.1 Å². The molecule has 0 aliphatic rings. The molecule has 29 heavy (non-hydrogen) atoms. The maximum absolute atomic E-state index is 12.2. The van der Waals surface area contributed by atoms with Crippen molar-refractivity contribution in [1.82, 2.24) is 5.43 Å². The van der Waals surface area contributed by atoms with Gasteiger partial charge in [0.25, 0.3) is 11.6 Å². The summed E-state index contributed by atoms with van der Waals surface area (Å²) in [6.45, 7) is 0.271. The Morgan fingerprint density at radius 2 is 1.76 bits per heavy atom. The minimum Gasteiger partial charge on any atom is -0.488 e. The van der Waals surface area contributed by atoms with E-state index >= 15 is 0 Å². The maximum Gasteiger partial charge on any atom is 0.282 e. The number of carbonyl (C=O) groups is 1. The van der Waals surface area contributed by atoms with Crippen LogP contribution in [0.25, 0.3) is 0 Å². The third-order valence-corrected chi connectivity index (χ3v) is 4.34. The van der Waals surface area contributed by atoms with Crippen molar-refractivity contribution in [2.24, 2.45) is 5.10 Å². The second kappa shape index (κ2) is 9.48. The molecule has 3 aromatic rings. The normalized spacial score (nSPS) is 10.7. The molecule has 0 saturated heterocycles. The predicted molar refractivity (Wildman–Crippen MR) is 110 cm³/mol. The Morgan fingerprint density at radius 3 is 2.55 bits per heavy atom. The fourth-order valence-electron chi connectivity index (χ4n) is 2.54. The average Bonchev–Trinajstić information content (AvgIpc) is 2.74. The molecule has 3 rings (SSSR count). The largest absolute Gasteiger partial charge is 0.488 e. The molecule has 0 radical (unpaired) electrons. The molecule has 0 unspecified atom stereocenters. The number of benzene rings is 3. The number of hydrazone groups is 1. The van der Waals surface area contributed by atoms with Gasteiger partial charge in [-0.3, -0.25) is 14.9 Å². The van der Waals surface area contributed by atoms with E-state index in [1.165, 1.54) is 24.4 Å². The number of nitrogens with one attached hydrogen (secondary N) is 1. The van der Waals surface area contributed by atoms with Gasteiger partial charge in [-0.1, -0.05) is 54.1 Å². The van der Waals surface area contributed by atoms with E-state index in [-0.39, 0.29) is 17.9 Å². The Kier molecular flexibility index (Phi) is 6.55. The van der Waals surface area contributed by atoms with E-state index in [0.717, 1.165) is 5.56 Å². The number of hydrogen-bond acceptors (Lipinski definition) is 5. The smallest absolute Gasteiger partial charge is 0.282 e. The van der Waals surface area contributed by atoms with Gasteiger partial charge in [-0.15, -0.1) is 0 Å². The lowest BCUT2D eigenvalue weighted by atomic mass is 10.2. The molecule has 0 aromatic heterocycles. The molecule has 1 N–H and O–H groups in total. The van der Waals surface area contributed by atoms with Crippen molar-refractivity contribution in [3.05, 3.63) is 105 Å². The minimum atomic E-state index is -0.678. The van der Waals surface area contributed by atoms with E-state index in [2.05, 4.69) is 10.5 Å². The van der Waals surface area contributed by atoms with Gasteiger partial charge in [0.1, 0.15) is 17.9 Å². The van der Waals surface area contributed by atoms with E-state index in [9.17, 15) is 14.9 Å². The number of rotatable bonds is 7. The molecule has 0 spiro atoms. The molecular formula is C21H16ClN3O4. The van der Waals surface area contributed by atoms with E-state index in [4.69, 9.17) is 16.3 Å². The summed E-state index contributed by atoms with van der Waals surface area (Å²) in [5, 5.41) is 15.5. The third kappa shape index (κ3) is 5.18. The van der Waals surface area contributed by atoms with Crippen LogP contribution in [0.1, 0.15) is 21.5 Å². The summed E-state index contributed by atoms with van der Waals surface area (Å²) in [7, 11) is 0. The van der Waals surface area contributed by atoms with Gasteiger partial charge in [-0.25, -0.2) is 5.43 Å². The summed E-state index contributed by atoms with van der Waals surface area (Å²) in [5.41, 5.74) is 3.41. The summed E-state index contributed by atoms with van der Waals surface area (Å²) in [6, 6.07) is 20.2. The van der Waals surface area contributed by atoms with Gasteiger partial charge in [0.15, 0.2) is 0 Å². The highest BCUT2D eigenvalue weighted by molar-refractivity contribution is 6.31. The zero-order valence-electron chi connectivity index (χ0n) is 15.1. The van der Waals surface area contributed by atoms with Crippen molar-refractivity contribution in [3.8, 4) is 5.75 Å². The van der Waals surface area contributed by atoms with Crippen LogP contribution in [0.2, 0.25) is 5.02 Å². The lowest BCUT2D eigenvalue weighted by Crippen LogP contribution is -2.19. The van der Waals surface area contributed by atoms with Gasteiger partial charge in [-0.2, -0.15) is 5.10 Å². The Labute approximate surface area is 171 Å². The molecule has 7 nitrogen and oxygen atoms in total. The van der Waals surface area contributed by atoms with Crippen LogP contribution in [0.3, 0.4) is 0 Å². The molecular weight excluding hydrogens is 394 g/mol. The van der Waals surface area contributed by atoms with Gasteiger partial charge in [-0.05, 0) is 24.3 Å². The van der Waals surface area contributed by atoms with E-state index in [1.807, 2.05) is 24.3 Å². The van der Waals surface area contributed by atoms with Gasteiger partial charge in [0.05, 0.1) is 11.1 Å². The summed E-state index contributed by atoms with van der Waals surface area (Å²) < 4.78 is 5.82. The number of nitro benzene ring substituents is 1. The summed E-state index contributed by atoms with van der Waals surface area (Å²) in [5.74, 6) is -0.126. The number of hydrogen-bond donors (Lipinski definition) is 1. The zero-order valence-corrected chi connectivity index (χ0v) is 15.9. The monoisotopic (exact) mass is 409 g/mol. The topological polar surface area (TPSA) is 93.8 Å². The van der Waals surface area contributed by atoms with Crippen LogP contribution in [0.5, 0.6) is 5.75 Å². The van der Waals surface area contributed by atoms with E-state index < -0.39 is 10.8 Å². The summed E-state index contributed by atoms with van der Waals surface area (Å²) in [4.78, 5) is 22.6. The van der Waals surface area contributed by atoms with Gasteiger partial charge < -0.3 is 4.74 Å². The fourth-order valence-corrected chi connectivity index (χ4v) is 2.73. The van der Waals surface area contributed by atoms with Gasteiger partial charge in [0.2, 0.25) is 0 Å². The molecule has 3 aromatic carbocycles. The first-order valence-electron chi connectivity index (χ1n) is 8.58. The molecule has 0 atom stereocenters. The van der Waals surface area contributed by atoms with Crippen molar-refractivity contribution < 1.29 is 14.5 Å². The van der Waals surface area contributed by atoms with Crippen LogP contribution < -0.4 is 10.2 Å². The van der Waals surface area contributed by atoms with Crippen molar-refractivity contribution in [2.45, 2.75) is 6.61 Å². The molecule has 1 amide bonds. The highest BCUT2D eigenvalue weighted by Gasteiger charge is 2.18. The maximum atomic E-state index is 12.2. The van der Waals surface area contributed by atoms with Crippen LogP contribution in [-0.4, -0.2) is 17.0 Å². The molecule has 146 valence electrons. The van der Waals surface area contributed by atoms with Crippen molar-refractivity contribution >= 4 is 29.4 Å². The van der Waals surface area contributed by atoms with Crippen LogP contribution in [0.4, 0.5) is 5.69 Å². The first-order chi connectivity index (χ1) is 14.1. The first-order valence-corrected chi connectivity index (χ1v) is 8.96. The molecule has 8 heteroatoms. The molecule has 0 aliphatic carbocycles. The zero-order chi connectivity index (χ0) is 20.6. The number of halogens is 1. The molecule has 0 fully saturated rings. The predicted octanol–water partition coefficient (Wildman–Crippen LogP) is 4.59.